The van der Waals surface area contributed by atoms with Crippen LogP contribution in [0.1, 0.15) is 6.42 Å². The summed E-state index contributed by atoms with van der Waals surface area (Å²) in [6.07, 6.45) is 0.421. The van der Waals surface area contributed by atoms with Crippen LogP contribution in [0.25, 0.3) is 0 Å². The van der Waals surface area contributed by atoms with E-state index in [1.165, 1.54) is 23.5 Å². The third kappa shape index (κ3) is 6.19. The first kappa shape index (κ1) is 22.2. The smallest absolute Gasteiger partial charge is 0.243 e. The van der Waals surface area contributed by atoms with Gasteiger partial charge in [-0.1, -0.05) is 0 Å². The molecule has 0 spiro atoms. The molecule has 1 saturated heterocycles. The number of nitrogens with zero attached hydrogens (tertiary/aromatic N) is 2. The number of benzene rings is 1. The number of hydrogen-bond acceptors (Lipinski definition) is 6. The average molecular weight is 424 g/mol. The standard InChI is InChI=1S/C16H26FN3O5S2/c1-25-13-2-9-20(27(23,24)16-5-3-15(17)4-6-16)12-14-26(21,22)19-10-7-18-8-11-19/h3-6,18H,2,7-14H2,1H3. The van der Waals surface area contributed by atoms with Crippen LogP contribution in [0.2, 0.25) is 0 Å². The van der Waals surface area contributed by atoms with Gasteiger partial charge in [0.2, 0.25) is 20.0 Å². The topological polar surface area (TPSA) is 96.0 Å². The Balaban J connectivity index is 2.14. The van der Waals surface area contributed by atoms with Crippen molar-refractivity contribution in [1.82, 2.24) is 13.9 Å². The predicted molar refractivity (Wildman–Crippen MR) is 99.9 cm³/mol. The van der Waals surface area contributed by atoms with Gasteiger partial charge in [0.15, 0.2) is 0 Å². The fraction of sp³-hybridized carbons (Fsp3) is 0.625. The van der Waals surface area contributed by atoms with Gasteiger partial charge < -0.3 is 10.1 Å². The number of piperazine rings is 1. The highest BCUT2D eigenvalue weighted by atomic mass is 32.2. The van der Waals surface area contributed by atoms with Crippen LogP contribution < -0.4 is 5.32 Å². The lowest BCUT2D eigenvalue weighted by atomic mass is 10.4. The lowest BCUT2D eigenvalue weighted by Crippen LogP contribution is -2.48. The van der Waals surface area contributed by atoms with Crippen molar-refractivity contribution in [3.8, 4) is 0 Å². The van der Waals surface area contributed by atoms with Crippen LogP contribution in [-0.4, -0.2) is 84.2 Å². The second-order valence-corrected chi connectivity index (χ2v) is 10.2. The largest absolute Gasteiger partial charge is 0.385 e. The van der Waals surface area contributed by atoms with Crippen molar-refractivity contribution in [1.29, 1.82) is 0 Å². The molecule has 0 aromatic heterocycles. The highest BCUT2D eigenvalue weighted by Gasteiger charge is 2.29. The molecule has 27 heavy (non-hydrogen) atoms. The van der Waals surface area contributed by atoms with E-state index in [4.69, 9.17) is 4.74 Å². The van der Waals surface area contributed by atoms with Gasteiger partial charge in [-0.15, -0.1) is 0 Å². The molecule has 1 aliphatic rings. The number of halogens is 1. The van der Waals surface area contributed by atoms with E-state index in [9.17, 15) is 21.2 Å². The van der Waals surface area contributed by atoms with Crippen LogP contribution in [0.3, 0.4) is 0 Å². The van der Waals surface area contributed by atoms with E-state index in [1.807, 2.05) is 0 Å². The van der Waals surface area contributed by atoms with Gasteiger partial charge in [-0.25, -0.2) is 21.2 Å². The summed E-state index contributed by atoms with van der Waals surface area (Å²) in [7, 11) is -5.99. The molecular weight excluding hydrogens is 397 g/mol. The molecule has 1 heterocycles. The molecular formula is C16H26FN3O5S2. The van der Waals surface area contributed by atoms with Gasteiger partial charge >= 0.3 is 0 Å². The Kier molecular flexibility index (Phi) is 8.13. The zero-order valence-corrected chi connectivity index (χ0v) is 16.9. The summed E-state index contributed by atoms with van der Waals surface area (Å²) in [5.74, 6) is -0.846. The number of hydrogen-bond donors (Lipinski definition) is 1. The Labute approximate surface area is 160 Å². The summed E-state index contributed by atoms with van der Waals surface area (Å²) in [4.78, 5) is -0.0686. The molecule has 0 unspecified atom stereocenters. The van der Waals surface area contributed by atoms with Crippen molar-refractivity contribution in [2.24, 2.45) is 0 Å². The van der Waals surface area contributed by atoms with Crippen LogP contribution in [-0.2, 0) is 24.8 Å². The Morgan fingerprint density at radius 3 is 2.33 bits per heavy atom. The number of rotatable bonds is 10. The summed E-state index contributed by atoms with van der Waals surface area (Å²) in [6.45, 7) is 2.18. The SMILES string of the molecule is COCCCN(CCS(=O)(=O)N1CCNCC1)S(=O)(=O)c1ccc(F)cc1. The molecule has 8 nitrogen and oxygen atoms in total. The normalized spacial score (nSPS) is 16.7. The van der Waals surface area contributed by atoms with Crippen LogP contribution in [0.5, 0.6) is 0 Å². The van der Waals surface area contributed by atoms with E-state index in [0.29, 0.717) is 39.2 Å². The third-order valence-electron chi connectivity index (χ3n) is 4.28. The first-order valence-electron chi connectivity index (χ1n) is 8.70. The van der Waals surface area contributed by atoms with E-state index in [-0.39, 0.29) is 23.7 Å². The Morgan fingerprint density at radius 1 is 1.11 bits per heavy atom. The van der Waals surface area contributed by atoms with Crippen molar-refractivity contribution in [3.05, 3.63) is 30.1 Å². The van der Waals surface area contributed by atoms with Crippen molar-refractivity contribution in [2.75, 3.05) is 58.7 Å². The van der Waals surface area contributed by atoms with Gasteiger partial charge in [-0.3, -0.25) is 0 Å². The number of methoxy groups -OCH3 is 1. The molecule has 1 N–H and O–H groups in total. The maximum absolute atomic E-state index is 13.1. The van der Waals surface area contributed by atoms with Crippen molar-refractivity contribution in [3.63, 3.8) is 0 Å². The minimum atomic E-state index is -3.94. The minimum Gasteiger partial charge on any atom is -0.385 e. The summed E-state index contributed by atoms with van der Waals surface area (Å²) in [5, 5.41) is 3.08. The summed E-state index contributed by atoms with van der Waals surface area (Å²) in [6, 6.07) is 4.49. The molecule has 0 saturated carbocycles. The highest BCUT2D eigenvalue weighted by molar-refractivity contribution is 7.90. The van der Waals surface area contributed by atoms with Crippen molar-refractivity contribution in [2.45, 2.75) is 11.3 Å². The maximum atomic E-state index is 13.1. The molecule has 0 amide bonds. The zero-order chi connectivity index (χ0) is 19.9. The number of nitrogens with one attached hydrogen (secondary N) is 1. The first-order valence-corrected chi connectivity index (χ1v) is 11.8. The fourth-order valence-electron chi connectivity index (χ4n) is 2.76. The minimum absolute atomic E-state index is 0.0686. The molecule has 1 aliphatic heterocycles. The molecule has 0 radical (unpaired) electrons. The zero-order valence-electron chi connectivity index (χ0n) is 15.3. The van der Waals surface area contributed by atoms with Gasteiger partial charge in [0.05, 0.1) is 10.6 Å². The summed E-state index contributed by atoms with van der Waals surface area (Å²) < 4.78 is 71.4. The predicted octanol–water partition coefficient (Wildman–Crippen LogP) is 0.0879. The lowest BCUT2D eigenvalue weighted by molar-refractivity contribution is 0.188. The Hall–Kier alpha value is -1.11. The molecule has 1 aromatic carbocycles. The molecule has 0 atom stereocenters. The average Bonchev–Trinajstić information content (AvgIpc) is 2.65. The van der Waals surface area contributed by atoms with E-state index in [2.05, 4.69) is 5.32 Å². The monoisotopic (exact) mass is 423 g/mol. The molecule has 11 heteroatoms. The van der Waals surface area contributed by atoms with E-state index in [0.717, 1.165) is 16.4 Å². The number of ether oxygens (including phenoxy) is 1. The highest BCUT2D eigenvalue weighted by Crippen LogP contribution is 2.17. The van der Waals surface area contributed by atoms with Gasteiger partial charge in [0.1, 0.15) is 5.82 Å². The molecule has 2 rings (SSSR count). The molecule has 0 bridgehead atoms. The Morgan fingerprint density at radius 2 is 1.74 bits per heavy atom. The van der Waals surface area contributed by atoms with Gasteiger partial charge in [0.25, 0.3) is 0 Å². The third-order valence-corrected chi connectivity index (χ3v) is 8.04. The van der Waals surface area contributed by atoms with Crippen LogP contribution in [0.4, 0.5) is 4.39 Å². The molecule has 1 fully saturated rings. The quantitative estimate of drug-likeness (QED) is 0.536. The first-order chi connectivity index (χ1) is 12.8. The van der Waals surface area contributed by atoms with Gasteiger partial charge in [-0.2, -0.15) is 8.61 Å². The molecule has 154 valence electrons. The fourth-order valence-corrected chi connectivity index (χ4v) is 5.80. The van der Waals surface area contributed by atoms with E-state index < -0.39 is 25.9 Å². The summed E-state index contributed by atoms with van der Waals surface area (Å²) >= 11 is 0. The molecule has 1 aromatic rings. The van der Waals surface area contributed by atoms with E-state index >= 15 is 0 Å². The Bertz CT molecular complexity index is 794. The molecule has 0 aliphatic carbocycles. The van der Waals surface area contributed by atoms with Crippen LogP contribution in [0.15, 0.2) is 29.2 Å². The second kappa shape index (κ2) is 9.89. The number of sulfonamides is 2. The van der Waals surface area contributed by atoms with E-state index in [1.54, 1.807) is 0 Å². The van der Waals surface area contributed by atoms with Crippen molar-refractivity contribution < 1.29 is 26.0 Å². The lowest BCUT2D eigenvalue weighted by Gasteiger charge is -2.28. The summed E-state index contributed by atoms with van der Waals surface area (Å²) in [5.41, 5.74) is 0. The van der Waals surface area contributed by atoms with Crippen LogP contribution >= 0.6 is 0 Å². The maximum Gasteiger partial charge on any atom is 0.243 e. The van der Waals surface area contributed by atoms with Crippen LogP contribution in [0, 0.1) is 5.82 Å². The second-order valence-electron chi connectivity index (χ2n) is 6.17. The van der Waals surface area contributed by atoms with Gasteiger partial charge in [-0.05, 0) is 30.7 Å². The van der Waals surface area contributed by atoms with Gasteiger partial charge in [0, 0.05) is 53.0 Å². The van der Waals surface area contributed by atoms with Crippen molar-refractivity contribution >= 4 is 20.0 Å².